The predicted molar refractivity (Wildman–Crippen MR) is 89.5 cm³/mol. The maximum Gasteiger partial charge on any atom is 0.410 e. The molecular weight excluding hydrogens is 314 g/mol. The molecule has 7 heteroatoms. The SMILES string of the molecule is Cc1nc(CCNC(=O)C2CCCN2C(=O)OC(C)(C)C)cs1. The molecule has 0 spiro atoms. The van der Waals surface area contributed by atoms with Crippen LogP contribution in [0.1, 0.15) is 44.3 Å². The van der Waals surface area contributed by atoms with Gasteiger partial charge < -0.3 is 10.1 Å². The number of thiazole rings is 1. The van der Waals surface area contributed by atoms with Crippen LogP contribution in [-0.2, 0) is 16.0 Å². The molecular formula is C16H25N3O3S. The van der Waals surface area contributed by atoms with Crippen LogP contribution in [0.5, 0.6) is 0 Å². The summed E-state index contributed by atoms with van der Waals surface area (Å²) in [5.74, 6) is -0.111. The minimum Gasteiger partial charge on any atom is -0.444 e. The van der Waals surface area contributed by atoms with Crippen LogP contribution >= 0.6 is 11.3 Å². The summed E-state index contributed by atoms with van der Waals surface area (Å²) in [6.07, 6.45) is 1.80. The van der Waals surface area contributed by atoms with Gasteiger partial charge in [-0.2, -0.15) is 0 Å². The molecule has 1 aliphatic rings. The van der Waals surface area contributed by atoms with Gasteiger partial charge in [0.05, 0.1) is 10.7 Å². The molecule has 1 saturated heterocycles. The number of hydrogen-bond donors (Lipinski definition) is 1. The Morgan fingerprint density at radius 3 is 2.83 bits per heavy atom. The van der Waals surface area contributed by atoms with Crippen LogP contribution in [0.25, 0.3) is 0 Å². The number of likely N-dealkylation sites (tertiary alicyclic amines) is 1. The van der Waals surface area contributed by atoms with Gasteiger partial charge in [0, 0.05) is 24.9 Å². The Kier molecular flexibility index (Phi) is 5.62. The Hall–Kier alpha value is -1.63. The van der Waals surface area contributed by atoms with Crippen LogP contribution in [-0.4, -0.2) is 46.6 Å². The van der Waals surface area contributed by atoms with Crippen LogP contribution in [0.3, 0.4) is 0 Å². The third-order valence-electron chi connectivity index (χ3n) is 3.53. The smallest absolute Gasteiger partial charge is 0.410 e. The van der Waals surface area contributed by atoms with Crippen molar-refractivity contribution in [2.45, 2.75) is 58.6 Å². The topological polar surface area (TPSA) is 71.5 Å². The summed E-state index contributed by atoms with van der Waals surface area (Å²) in [4.78, 5) is 30.4. The first-order valence-corrected chi connectivity index (χ1v) is 8.82. The van der Waals surface area contributed by atoms with E-state index in [1.54, 1.807) is 11.3 Å². The lowest BCUT2D eigenvalue weighted by Gasteiger charge is -2.28. The van der Waals surface area contributed by atoms with Crippen molar-refractivity contribution in [3.63, 3.8) is 0 Å². The molecule has 1 atom stereocenters. The van der Waals surface area contributed by atoms with E-state index in [0.717, 1.165) is 17.1 Å². The molecule has 6 nitrogen and oxygen atoms in total. The Labute approximate surface area is 141 Å². The van der Waals surface area contributed by atoms with Crippen molar-refractivity contribution in [3.05, 3.63) is 16.1 Å². The van der Waals surface area contributed by atoms with Crippen LogP contribution < -0.4 is 5.32 Å². The second-order valence-corrected chi connectivity index (χ2v) is 7.79. The number of amides is 2. The zero-order valence-electron chi connectivity index (χ0n) is 14.2. The van der Waals surface area contributed by atoms with Crippen molar-refractivity contribution < 1.29 is 14.3 Å². The number of nitrogens with one attached hydrogen (secondary N) is 1. The molecule has 2 rings (SSSR count). The average molecular weight is 339 g/mol. The highest BCUT2D eigenvalue weighted by Crippen LogP contribution is 2.21. The first-order chi connectivity index (χ1) is 10.8. The number of ether oxygens (including phenoxy) is 1. The molecule has 128 valence electrons. The molecule has 0 radical (unpaired) electrons. The zero-order valence-corrected chi connectivity index (χ0v) is 15.0. The minimum absolute atomic E-state index is 0.111. The second kappa shape index (κ2) is 7.29. The normalized spacial score (nSPS) is 18.1. The first kappa shape index (κ1) is 17.7. The van der Waals surface area contributed by atoms with Gasteiger partial charge in [-0.05, 0) is 40.5 Å². The number of carbonyl (C=O) groups excluding carboxylic acids is 2. The molecule has 1 unspecified atom stereocenters. The number of nitrogens with zero attached hydrogens (tertiary/aromatic N) is 2. The quantitative estimate of drug-likeness (QED) is 0.915. The van der Waals surface area contributed by atoms with Crippen LogP contribution in [0.15, 0.2) is 5.38 Å². The van der Waals surface area contributed by atoms with Gasteiger partial charge in [0.15, 0.2) is 0 Å². The molecule has 0 aliphatic carbocycles. The maximum absolute atomic E-state index is 12.3. The van der Waals surface area contributed by atoms with E-state index < -0.39 is 17.7 Å². The fraction of sp³-hybridized carbons (Fsp3) is 0.688. The Balaban J connectivity index is 1.84. The van der Waals surface area contributed by atoms with Gasteiger partial charge in [-0.1, -0.05) is 0 Å². The van der Waals surface area contributed by atoms with E-state index >= 15 is 0 Å². The average Bonchev–Trinajstić information content (AvgIpc) is 3.05. The van der Waals surface area contributed by atoms with Crippen molar-refractivity contribution in [1.82, 2.24) is 15.2 Å². The van der Waals surface area contributed by atoms with E-state index in [4.69, 9.17) is 4.74 Å². The minimum atomic E-state index is -0.552. The monoisotopic (exact) mass is 339 g/mol. The Bertz CT molecular complexity index is 565. The number of aryl methyl sites for hydroxylation is 1. The van der Waals surface area contributed by atoms with E-state index in [1.807, 2.05) is 33.1 Å². The van der Waals surface area contributed by atoms with Gasteiger partial charge in [-0.3, -0.25) is 9.69 Å². The van der Waals surface area contributed by atoms with E-state index in [0.29, 0.717) is 25.9 Å². The van der Waals surface area contributed by atoms with Crippen molar-refractivity contribution in [2.75, 3.05) is 13.1 Å². The summed E-state index contributed by atoms with van der Waals surface area (Å²) in [7, 11) is 0. The van der Waals surface area contributed by atoms with E-state index in [2.05, 4.69) is 10.3 Å². The van der Waals surface area contributed by atoms with Crippen LogP contribution in [0, 0.1) is 6.92 Å². The highest BCUT2D eigenvalue weighted by molar-refractivity contribution is 7.09. The number of hydrogen-bond acceptors (Lipinski definition) is 5. The van der Waals surface area contributed by atoms with E-state index in [1.165, 1.54) is 4.90 Å². The largest absolute Gasteiger partial charge is 0.444 e. The molecule has 2 heterocycles. The van der Waals surface area contributed by atoms with Crippen molar-refractivity contribution in [3.8, 4) is 0 Å². The third kappa shape index (κ3) is 5.20. The molecule has 0 aromatic carbocycles. The lowest BCUT2D eigenvalue weighted by Crippen LogP contribution is -2.47. The summed E-state index contributed by atoms with van der Waals surface area (Å²) < 4.78 is 5.38. The second-order valence-electron chi connectivity index (χ2n) is 6.73. The summed E-state index contributed by atoms with van der Waals surface area (Å²) in [6, 6.07) is -0.429. The molecule has 0 saturated carbocycles. The maximum atomic E-state index is 12.3. The predicted octanol–water partition coefficient (Wildman–Crippen LogP) is 2.51. The van der Waals surface area contributed by atoms with Gasteiger partial charge in [0.2, 0.25) is 5.91 Å². The lowest BCUT2D eigenvalue weighted by atomic mass is 10.2. The fourth-order valence-corrected chi connectivity index (χ4v) is 3.18. The third-order valence-corrected chi connectivity index (χ3v) is 4.35. The number of aromatic nitrogens is 1. The van der Waals surface area contributed by atoms with Crippen molar-refractivity contribution in [1.29, 1.82) is 0 Å². The first-order valence-electron chi connectivity index (χ1n) is 7.94. The molecule has 1 aromatic heterocycles. The summed E-state index contributed by atoms with van der Waals surface area (Å²) in [5.41, 5.74) is 0.437. The zero-order chi connectivity index (χ0) is 17.0. The summed E-state index contributed by atoms with van der Waals surface area (Å²) in [5, 5.41) is 5.94. The lowest BCUT2D eigenvalue weighted by molar-refractivity contribution is -0.125. The van der Waals surface area contributed by atoms with Crippen LogP contribution in [0.4, 0.5) is 4.79 Å². The molecule has 23 heavy (non-hydrogen) atoms. The fourth-order valence-electron chi connectivity index (χ4n) is 2.53. The summed E-state index contributed by atoms with van der Waals surface area (Å²) >= 11 is 1.60. The van der Waals surface area contributed by atoms with Crippen molar-refractivity contribution >= 4 is 23.3 Å². The van der Waals surface area contributed by atoms with Gasteiger partial charge >= 0.3 is 6.09 Å². The van der Waals surface area contributed by atoms with Crippen molar-refractivity contribution in [2.24, 2.45) is 0 Å². The highest BCUT2D eigenvalue weighted by atomic mass is 32.1. The number of rotatable bonds is 4. The van der Waals surface area contributed by atoms with E-state index in [9.17, 15) is 9.59 Å². The standard InChI is InChI=1S/C16H25N3O3S/c1-11-18-12(10-23-11)7-8-17-14(20)13-6-5-9-19(13)15(21)22-16(2,3)4/h10,13H,5-9H2,1-4H3,(H,17,20). The van der Waals surface area contributed by atoms with E-state index in [-0.39, 0.29) is 5.91 Å². The molecule has 2 amide bonds. The molecule has 0 bridgehead atoms. The Morgan fingerprint density at radius 1 is 1.48 bits per heavy atom. The number of carbonyl (C=O) groups is 2. The van der Waals surface area contributed by atoms with Gasteiger partial charge in [-0.15, -0.1) is 11.3 Å². The van der Waals surface area contributed by atoms with Crippen LogP contribution in [0.2, 0.25) is 0 Å². The molecule has 1 fully saturated rings. The summed E-state index contributed by atoms with van der Waals surface area (Å²) in [6.45, 7) is 8.53. The molecule has 1 aromatic rings. The molecule has 1 N–H and O–H groups in total. The van der Waals surface area contributed by atoms with Gasteiger partial charge in [-0.25, -0.2) is 9.78 Å². The van der Waals surface area contributed by atoms with Gasteiger partial charge in [0.1, 0.15) is 11.6 Å². The highest BCUT2D eigenvalue weighted by Gasteiger charge is 2.36. The molecule has 1 aliphatic heterocycles. The Morgan fingerprint density at radius 2 is 2.22 bits per heavy atom. The van der Waals surface area contributed by atoms with Gasteiger partial charge in [0.25, 0.3) is 0 Å².